The molecule has 0 saturated heterocycles. The van der Waals surface area contributed by atoms with Crippen molar-refractivity contribution in [3.8, 4) is 17.1 Å². The SMILES string of the molecule is CCn1cc(CC(c2ccc(Cl)cc2C)c2c(C(=O)O)nc(-c3ccccc3OC)n2C(C)C)cc(Cl)c1=O. The van der Waals surface area contributed by atoms with E-state index in [1.165, 1.54) is 0 Å². The summed E-state index contributed by atoms with van der Waals surface area (Å²) < 4.78 is 9.13. The quantitative estimate of drug-likeness (QED) is 0.235. The molecule has 0 aliphatic heterocycles. The fourth-order valence-electron chi connectivity index (χ4n) is 5.10. The number of carbonyl (C=O) groups is 1. The minimum absolute atomic E-state index is 0.0427. The van der Waals surface area contributed by atoms with Crippen molar-refractivity contribution in [1.29, 1.82) is 0 Å². The number of aromatic carboxylic acids is 1. The summed E-state index contributed by atoms with van der Waals surface area (Å²) in [7, 11) is 1.58. The Balaban J connectivity index is 2.06. The molecule has 0 spiro atoms. The number of pyridine rings is 1. The molecule has 1 N–H and O–H groups in total. The van der Waals surface area contributed by atoms with E-state index in [0.717, 1.165) is 16.7 Å². The Morgan fingerprint density at radius 1 is 1.13 bits per heavy atom. The average Bonchev–Trinajstić information content (AvgIpc) is 3.30. The summed E-state index contributed by atoms with van der Waals surface area (Å²) in [4.78, 5) is 29.9. The van der Waals surface area contributed by atoms with Gasteiger partial charge in [0.05, 0.1) is 18.4 Å². The van der Waals surface area contributed by atoms with Crippen LogP contribution in [0.4, 0.5) is 0 Å². The molecule has 4 rings (SSSR count). The van der Waals surface area contributed by atoms with Gasteiger partial charge in [-0.1, -0.05) is 41.4 Å². The van der Waals surface area contributed by atoms with Gasteiger partial charge in [-0.25, -0.2) is 9.78 Å². The Morgan fingerprint density at radius 3 is 2.46 bits per heavy atom. The Morgan fingerprint density at radius 2 is 1.85 bits per heavy atom. The summed E-state index contributed by atoms with van der Waals surface area (Å²) in [6.07, 6.45) is 2.16. The minimum Gasteiger partial charge on any atom is -0.496 e. The normalized spacial score (nSPS) is 12.1. The van der Waals surface area contributed by atoms with Crippen molar-refractivity contribution in [1.82, 2.24) is 14.1 Å². The number of benzene rings is 2. The second kappa shape index (κ2) is 11.7. The Hall–Kier alpha value is -3.55. The van der Waals surface area contributed by atoms with E-state index in [9.17, 15) is 14.7 Å². The van der Waals surface area contributed by atoms with Crippen molar-refractivity contribution in [2.45, 2.75) is 52.6 Å². The van der Waals surface area contributed by atoms with Crippen LogP contribution in [-0.2, 0) is 13.0 Å². The maximum absolute atomic E-state index is 12.7. The van der Waals surface area contributed by atoms with Crippen LogP contribution in [0.15, 0.2) is 59.5 Å². The number of hydrogen-bond acceptors (Lipinski definition) is 4. The molecular weight excluding hydrogens is 537 g/mol. The number of aryl methyl sites for hydroxylation is 2. The van der Waals surface area contributed by atoms with Crippen molar-refractivity contribution < 1.29 is 14.6 Å². The molecule has 2 heterocycles. The summed E-state index contributed by atoms with van der Waals surface area (Å²) in [6, 6.07) is 14.5. The van der Waals surface area contributed by atoms with Crippen LogP contribution in [-0.4, -0.2) is 32.3 Å². The Kier molecular flexibility index (Phi) is 8.52. The van der Waals surface area contributed by atoms with Crippen LogP contribution in [0.2, 0.25) is 10.0 Å². The Bertz CT molecular complexity index is 1590. The van der Waals surface area contributed by atoms with Crippen LogP contribution in [0.25, 0.3) is 11.4 Å². The fourth-order valence-corrected chi connectivity index (χ4v) is 5.58. The number of aromatic nitrogens is 3. The standard InChI is InChI=1S/C30H31Cl2N3O4/c1-6-34-16-19(15-24(32)29(34)36)14-23(21-12-11-20(31)13-18(21)4)27-26(30(37)38)33-28(35(27)17(2)3)22-9-7-8-10-25(22)39-5/h7-13,15-17,23H,6,14H2,1-5H3,(H,37,38). The molecule has 0 fully saturated rings. The van der Waals surface area contributed by atoms with Gasteiger partial charge in [-0.05, 0) is 81.1 Å². The third-order valence-corrected chi connectivity index (χ3v) is 7.34. The lowest BCUT2D eigenvalue weighted by molar-refractivity contribution is 0.0689. The number of hydrogen-bond donors (Lipinski definition) is 1. The highest BCUT2D eigenvalue weighted by Gasteiger charge is 2.32. The molecule has 0 aliphatic rings. The van der Waals surface area contributed by atoms with Crippen molar-refractivity contribution in [2.24, 2.45) is 0 Å². The maximum atomic E-state index is 12.7. The van der Waals surface area contributed by atoms with E-state index >= 15 is 0 Å². The number of rotatable bonds is 9. The number of methoxy groups -OCH3 is 1. The third kappa shape index (κ3) is 5.60. The average molecular weight is 569 g/mol. The Labute approximate surface area is 237 Å². The predicted octanol–water partition coefficient (Wildman–Crippen LogP) is 7.01. The van der Waals surface area contributed by atoms with Crippen LogP contribution in [0, 0.1) is 6.92 Å². The summed E-state index contributed by atoms with van der Waals surface area (Å²) in [5, 5.41) is 11.1. The van der Waals surface area contributed by atoms with E-state index in [1.54, 1.807) is 30.0 Å². The second-order valence-corrected chi connectivity index (χ2v) is 10.5. The van der Waals surface area contributed by atoms with E-state index in [2.05, 4.69) is 4.98 Å². The summed E-state index contributed by atoms with van der Waals surface area (Å²) in [5.41, 5.74) is 3.55. The van der Waals surface area contributed by atoms with Crippen molar-refractivity contribution in [3.05, 3.63) is 103 Å². The molecule has 1 atom stereocenters. The van der Waals surface area contributed by atoms with Crippen LogP contribution in [0.1, 0.15) is 65.6 Å². The van der Waals surface area contributed by atoms with Crippen LogP contribution < -0.4 is 10.3 Å². The molecule has 7 nitrogen and oxygen atoms in total. The van der Waals surface area contributed by atoms with Crippen molar-refractivity contribution >= 4 is 29.2 Å². The zero-order valence-electron chi connectivity index (χ0n) is 22.5. The number of carboxylic acid groups (broad SMARTS) is 1. The summed E-state index contributed by atoms with van der Waals surface area (Å²) in [5.74, 6) is -0.476. The zero-order chi connectivity index (χ0) is 28.4. The van der Waals surface area contributed by atoms with E-state index < -0.39 is 11.9 Å². The number of nitrogens with zero attached hydrogens (tertiary/aromatic N) is 3. The first-order chi connectivity index (χ1) is 18.6. The van der Waals surface area contributed by atoms with E-state index in [0.29, 0.717) is 40.8 Å². The molecule has 0 amide bonds. The molecule has 39 heavy (non-hydrogen) atoms. The zero-order valence-corrected chi connectivity index (χ0v) is 24.0. The fraction of sp³-hybridized carbons (Fsp3) is 0.300. The van der Waals surface area contributed by atoms with Gasteiger partial charge in [0, 0.05) is 29.7 Å². The number of ether oxygens (including phenoxy) is 1. The van der Waals surface area contributed by atoms with E-state index in [1.807, 2.05) is 68.7 Å². The number of carboxylic acids is 1. The number of imidazole rings is 1. The van der Waals surface area contributed by atoms with Gasteiger partial charge in [0.1, 0.15) is 16.6 Å². The predicted molar refractivity (Wildman–Crippen MR) is 155 cm³/mol. The molecular formula is C30H31Cl2N3O4. The lowest BCUT2D eigenvalue weighted by atomic mass is 9.85. The van der Waals surface area contributed by atoms with Gasteiger partial charge in [0.15, 0.2) is 5.69 Å². The van der Waals surface area contributed by atoms with Crippen LogP contribution >= 0.6 is 23.2 Å². The first-order valence-electron chi connectivity index (χ1n) is 12.7. The van der Waals surface area contributed by atoms with Crippen LogP contribution in [0.3, 0.4) is 0 Å². The number of para-hydroxylation sites is 1. The van der Waals surface area contributed by atoms with E-state index in [4.69, 9.17) is 27.9 Å². The molecule has 0 saturated carbocycles. The highest BCUT2D eigenvalue weighted by Crippen LogP contribution is 2.40. The second-order valence-electron chi connectivity index (χ2n) is 9.68. The molecule has 9 heteroatoms. The van der Waals surface area contributed by atoms with Gasteiger partial charge in [0.2, 0.25) is 0 Å². The van der Waals surface area contributed by atoms with Gasteiger partial charge in [-0.3, -0.25) is 4.79 Å². The van der Waals surface area contributed by atoms with Crippen molar-refractivity contribution in [3.63, 3.8) is 0 Å². The highest BCUT2D eigenvalue weighted by molar-refractivity contribution is 6.30. The topological polar surface area (TPSA) is 86.3 Å². The van der Waals surface area contributed by atoms with E-state index in [-0.39, 0.29) is 22.3 Å². The van der Waals surface area contributed by atoms with Gasteiger partial charge in [-0.15, -0.1) is 0 Å². The smallest absolute Gasteiger partial charge is 0.356 e. The molecule has 2 aromatic carbocycles. The molecule has 2 aromatic heterocycles. The van der Waals surface area contributed by atoms with Gasteiger partial charge in [0.25, 0.3) is 5.56 Å². The molecule has 0 aliphatic carbocycles. The van der Waals surface area contributed by atoms with Gasteiger partial charge in [-0.2, -0.15) is 0 Å². The van der Waals surface area contributed by atoms with Gasteiger partial charge < -0.3 is 19.0 Å². The summed E-state index contributed by atoms with van der Waals surface area (Å²) >= 11 is 12.6. The molecule has 4 aromatic rings. The third-order valence-electron chi connectivity index (χ3n) is 6.83. The molecule has 1 unspecified atom stereocenters. The summed E-state index contributed by atoms with van der Waals surface area (Å²) in [6.45, 7) is 8.27. The minimum atomic E-state index is -1.13. The van der Waals surface area contributed by atoms with Crippen molar-refractivity contribution in [2.75, 3.05) is 7.11 Å². The molecule has 0 radical (unpaired) electrons. The lowest BCUT2D eigenvalue weighted by Gasteiger charge is -2.25. The lowest BCUT2D eigenvalue weighted by Crippen LogP contribution is -2.22. The maximum Gasteiger partial charge on any atom is 0.356 e. The monoisotopic (exact) mass is 567 g/mol. The number of halogens is 2. The largest absolute Gasteiger partial charge is 0.496 e. The molecule has 204 valence electrons. The first kappa shape index (κ1) is 28.5. The van der Waals surface area contributed by atoms with Gasteiger partial charge >= 0.3 is 5.97 Å². The van der Waals surface area contributed by atoms with Crippen LogP contribution in [0.5, 0.6) is 5.75 Å². The molecule has 0 bridgehead atoms. The first-order valence-corrected chi connectivity index (χ1v) is 13.5. The highest BCUT2D eigenvalue weighted by atomic mass is 35.5.